The van der Waals surface area contributed by atoms with Gasteiger partial charge < -0.3 is 28.3 Å². The number of hydrogen-bond acceptors (Lipinski definition) is 5. The maximum absolute atomic E-state index is 11.5. The third-order valence-electron chi connectivity index (χ3n) is 8.12. The topological polar surface area (TPSA) is 84.1 Å². The standard InChI is InChI=1S/C36H40N6O2S2/c1-5-17-38-30-15-13-28(22-32(30)40(19-7-3)35(38)45)42(27-11-9-25(10-12-27)21-26(24-37)34(43)44)29-14-16-31-33(23-29)41(20-8-4)36(46)39(31)18-6-2/h9-16,21-23H,5-8,17-20H2,1-4H3,(H,43,44)/b26-21+. The highest BCUT2D eigenvalue weighted by atomic mass is 32.1. The van der Waals surface area contributed by atoms with Crippen LogP contribution in [0.1, 0.15) is 58.9 Å². The van der Waals surface area contributed by atoms with Gasteiger partial charge in [0, 0.05) is 43.2 Å². The number of benzene rings is 3. The molecule has 46 heavy (non-hydrogen) atoms. The predicted molar refractivity (Wildman–Crippen MR) is 192 cm³/mol. The summed E-state index contributed by atoms with van der Waals surface area (Å²) in [5.74, 6) is -1.25. The molecule has 0 saturated carbocycles. The molecule has 1 N–H and O–H groups in total. The van der Waals surface area contributed by atoms with Gasteiger partial charge in [0.25, 0.3) is 0 Å². The highest BCUT2D eigenvalue weighted by Crippen LogP contribution is 2.38. The van der Waals surface area contributed by atoms with Crippen molar-refractivity contribution >= 4 is 75.6 Å². The van der Waals surface area contributed by atoms with Crippen molar-refractivity contribution in [1.29, 1.82) is 5.26 Å². The summed E-state index contributed by atoms with van der Waals surface area (Å²) in [7, 11) is 0. The molecule has 8 nitrogen and oxygen atoms in total. The molecule has 0 bridgehead atoms. The molecule has 0 amide bonds. The number of aryl methyl sites for hydroxylation is 4. The molecule has 0 aliphatic rings. The van der Waals surface area contributed by atoms with Gasteiger partial charge in [-0.2, -0.15) is 5.26 Å². The van der Waals surface area contributed by atoms with Gasteiger partial charge in [-0.3, -0.25) is 0 Å². The first kappa shape index (κ1) is 32.9. The van der Waals surface area contributed by atoms with Crippen molar-refractivity contribution in [1.82, 2.24) is 18.3 Å². The molecule has 10 heteroatoms. The molecule has 0 atom stereocenters. The van der Waals surface area contributed by atoms with Crippen molar-refractivity contribution in [3.63, 3.8) is 0 Å². The number of hydrogen-bond donors (Lipinski definition) is 1. The van der Waals surface area contributed by atoms with E-state index in [1.54, 1.807) is 6.07 Å². The molecule has 0 spiro atoms. The van der Waals surface area contributed by atoms with E-state index in [0.717, 1.165) is 101 Å². The minimum absolute atomic E-state index is 0.311. The van der Waals surface area contributed by atoms with Gasteiger partial charge >= 0.3 is 5.97 Å². The van der Waals surface area contributed by atoms with E-state index in [0.29, 0.717) is 5.56 Å². The van der Waals surface area contributed by atoms with Crippen molar-refractivity contribution in [2.24, 2.45) is 0 Å². The van der Waals surface area contributed by atoms with Crippen LogP contribution in [0.25, 0.3) is 28.1 Å². The fourth-order valence-corrected chi connectivity index (χ4v) is 6.89. The number of imidazole rings is 2. The van der Waals surface area contributed by atoms with Crippen LogP contribution < -0.4 is 4.90 Å². The molecule has 2 aromatic heterocycles. The van der Waals surface area contributed by atoms with E-state index in [4.69, 9.17) is 24.4 Å². The van der Waals surface area contributed by atoms with Gasteiger partial charge in [-0.15, -0.1) is 0 Å². The first-order chi connectivity index (χ1) is 22.3. The number of carboxylic acid groups (broad SMARTS) is 1. The van der Waals surface area contributed by atoms with Crippen molar-refractivity contribution < 1.29 is 9.90 Å². The zero-order valence-electron chi connectivity index (χ0n) is 26.9. The van der Waals surface area contributed by atoms with E-state index in [9.17, 15) is 15.2 Å². The van der Waals surface area contributed by atoms with Gasteiger partial charge in [0.15, 0.2) is 9.54 Å². The van der Waals surface area contributed by atoms with Crippen LogP contribution in [0.2, 0.25) is 0 Å². The number of fused-ring (bicyclic) bond motifs is 2. The summed E-state index contributed by atoms with van der Waals surface area (Å²) >= 11 is 11.9. The number of rotatable bonds is 13. The first-order valence-corrected chi connectivity index (χ1v) is 16.8. The minimum atomic E-state index is -1.25. The maximum Gasteiger partial charge on any atom is 0.346 e. The van der Waals surface area contributed by atoms with Crippen LogP contribution in [0, 0.1) is 20.9 Å². The van der Waals surface area contributed by atoms with Crippen LogP contribution >= 0.6 is 24.4 Å². The van der Waals surface area contributed by atoms with Gasteiger partial charge in [0.2, 0.25) is 0 Å². The number of carbonyl (C=O) groups is 1. The minimum Gasteiger partial charge on any atom is -0.477 e. The molecule has 238 valence electrons. The quantitative estimate of drug-likeness (QED) is 0.0775. The van der Waals surface area contributed by atoms with Crippen molar-refractivity contribution in [2.75, 3.05) is 4.90 Å². The van der Waals surface area contributed by atoms with Crippen LogP contribution in [-0.2, 0) is 31.0 Å². The lowest BCUT2D eigenvalue weighted by Crippen LogP contribution is -2.10. The van der Waals surface area contributed by atoms with E-state index in [2.05, 4.69) is 87.3 Å². The lowest BCUT2D eigenvalue weighted by Gasteiger charge is -2.26. The van der Waals surface area contributed by atoms with Crippen LogP contribution in [0.5, 0.6) is 0 Å². The van der Waals surface area contributed by atoms with Crippen LogP contribution in [0.15, 0.2) is 66.2 Å². The molecule has 3 aromatic carbocycles. The Labute approximate surface area is 280 Å². The van der Waals surface area contributed by atoms with Crippen molar-refractivity contribution in [3.8, 4) is 6.07 Å². The normalized spacial score (nSPS) is 11.8. The SMILES string of the molecule is CCCn1c(=S)n(CCC)c2cc(N(c3ccc(/C=C(\C#N)C(=O)O)cc3)c3ccc4c(c3)n(CCC)c(=S)n4CCC)ccc21. The summed E-state index contributed by atoms with van der Waals surface area (Å²) in [6, 6.07) is 22.4. The van der Waals surface area contributed by atoms with E-state index in [1.165, 1.54) is 6.08 Å². The van der Waals surface area contributed by atoms with E-state index in [1.807, 2.05) is 24.3 Å². The molecule has 2 heterocycles. The molecule has 0 unspecified atom stereocenters. The average molecular weight is 653 g/mol. The number of carboxylic acids is 1. The number of nitrogens with zero attached hydrogens (tertiary/aromatic N) is 6. The van der Waals surface area contributed by atoms with Gasteiger partial charge in [0.1, 0.15) is 11.6 Å². The molecule has 0 aliphatic heterocycles. The van der Waals surface area contributed by atoms with E-state index >= 15 is 0 Å². The summed E-state index contributed by atoms with van der Waals surface area (Å²) in [6.07, 6.45) is 5.30. The average Bonchev–Trinajstić information content (AvgIpc) is 3.46. The molecule has 0 aliphatic carbocycles. The monoisotopic (exact) mass is 652 g/mol. The number of aliphatic carboxylic acids is 1. The fraction of sp³-hybridized carbons (Fsp3) is 0.333. The fourth-order valence-electron chi connectivity index (χ4n) is 6.13. The zero-order valence-corrected chi connectivity index (χ0v) is 28.5. The molecular formula is C36H40N6O2S2. The smallest absolute Gasteiger partial charge is 0.346 e. The number of anilines is 3. The predicted octanol–water partition coefficient (Wildman–Crippen LogP) is 9.76. The highest BCUT2D eigenvalue weighted by Gasteiger charge is 2.19. The Bertz CT molecular complexity index is 1980. The summed E-state index contributed by atoms with van der Waals surface area (Å²) < 4.78 is 10.6. The summed E-state index contributed by atoms with van der Waals surface area (Å²) in [6.45, 7) is 12.0. The summed E-state index contributed by atoms with van der Waals surface area (Å²) in [4.78, 5) is 13.7. The van der Waals surface area contributed by atoms with Crippen molar-refractivity contribution in [3.05, 3.63) is 81.3 Å². The number of nitriles is 1. The van der Waals surface area contributed by atoms with Crippen LogP contribution in [-0.4, -0.2) is 29.3 Å². The van der Waals surface area contributed by atoms with Gasteiger partial charge in [0.05, 0.1) is 22.1 Å². The highest BCUT2D eigenvalue weighted by molar-refractivity contribution is 7.71. The molecule has 0 saturated heterocycles. The second-order valence-electron chi connectivity index (χ2n) is 11.4. The van der Waals surface area contributed by atoms with Gasteiger partial charge in [-0.1, -0.05) is 39.8 Å². The molecule has 0 radical (unpaired) electrons. The van der Waals surface area contributed by atoms with Gasteiger partial charge in [-0.25, -0.2) is 4.79 Å². The second-order valence-corrected chi connectivity index (χ2v) is 12.1. The van der Waals surface area contributed by atoms with E-state index < -0.39 is 5.97 Å². The third kappa shape index (κ3) is 6.17. The lowest BCUT2D eigenvalue weighted by atomic mass is 10.1. The maximum atomic E-state index is 11.5. The Morgan fingerprint density at radius 2 is 1.09 bits per heavy atom. The molecule has 5 aromatic rings. The Morgan fingerprint density at radius 3 is 1.46 bits per heavy atom. The Hall–Kier alpha value is -4.46. The second kappa shape index (κ2) is 14.3. The lowest BCUT2D eigenvalue weighted by molar-refractivity contribution is -0.132. The van der Waals surface area contributed by atoms with E-state index in [-0.39, 0.29) is 5.57 Å². The Kier molecular flexibility index (Phi) is 10.2. The molecule has 5 rings (SSSR count). The molecular weight excluding hydrogens is 613 g/mol. The first-order valence-electron chi connectivity index (χ1n) is 16.0. The molecule has 0 fully saturated rings. The zero-order chi connectivity index (χ0) is 33.0. The largest absolute Gasteiger partial charge is 0.477 e. The van der Waals surface area contributed by atoms with Gasteiger partial charge in [-0.05, 0) is 110 Å². The van der Waals surface area contributed by atoms with Crippen LogP contribution in [0.3, 0.4) is 0 Å². The summed E-state index contributed by atoms with van der Waals surface area (Å²) in [5.41, 5.74) is 7.58. The summed E-state index contributed by atoms with van der Waals surface area (Å²) in [5, 5.41) is 18.6. The number of aromatic nitrogens is 4. The Balaban J connectivity index is 1.75. The Morgan fingerprint density at radius 1 is 0.696 bits per heavy atom. The third-order valence-corrected chi connectivity index (χ3v) is 9.00. The van der Waals surface area contributed by atoms with Crippen LogP contribution in [0.4, 0.5) is 17.1 Å². The van der Waals surface area contributed by atoms with Crippen molar-refractivity contribution in [2.45, 2.75) is 79.6 Å².